The number of aromatic nitrogens is 1. The van der Waals surface area contributed by atoms with Crippen LogP contribution < -0.4 is 5.73 Å². The first-order valence-corrected chi connectivity index (χ1v) is 8.56. The Hall–Kier alpha value is -0.580. The van der Waals surface area contributed by atoms with Crippen LogP contribution in [0.3, 0.4) is 0 Å². The molecule has 20 heavy (non-hydrogen) atoms. The van der Waals surface area contributed by atoms with E-state index >= 15 is 0 Å². The third kappa shape index (κ3) is 3.02. The van der Waals surface area contributed by atoms with Crippen molar-refractivity contribution in [1.82, 2.24) is 9.88 Å². The smallest absolute Gasteiger partial charge is 0.0470 e. The van der Waals surface area contributed by atoms with E-state index in [9.17, 15) is 0 Å². The largest absolute Gasteiger partial charge is 0.329 e. The monoisotopic (exact) mass is 293 g/mol. The average molecular weight is 293 g/mol. The maximum absolute atomic E-state index is 6.21. The van der Waals surface area contributed by atoms with Crippen LogP contribution in [0.25, 0.3) is 0 Å². The second kappa shape index (κ2) is 6.46. The van der Waals surface area contributed by atoms with Crippen LogP contribution in [-0.4, -0.2) is 47.1 Å². The van der Waals surface area contributed by atoms with E-state index in [4.69, 9.17) is 5.73 Å². The van der Waals surface area contributed by atoms with E-state index in [1.165, 1.54) is 12.2 Å². The molecule has 0 amide bonds. The topological polar surface area (TPSA) is 42.2 Å². The van der Waals surface area contributed by atoms with Gasteiger partial charge in [-0.3, -0.25) is 9.88 Å². The molecule has 1 fully saturated rings. The van der Waals surface area contributed by atoms with Gasteiger partial charge in [0.2, 0.25) is 0 Å². The second-order valence-corrected chi connectivity index (χ2v) is 7.52. The predicted octanol–water partition coefficient (Wildman–Crippen LogP) is 2.42. The van der Waals surface area contributed by atoms with Crippen LogP contribution in [0.4, 0.5) is 0 Å². The lowest BCUT2D eigenvalue weighted by molar-refractivity contribution is 0.0210. The molecule has 0 radical (unpaired) electrons. The molecule has 1 aromatic rings. The van der Waals surface area contributed by atoms with Crippen molar-refractivity contribution in [2.45, 2.75) is 32.2 Å². The molecule has 0 bridgehead atoms. The molecule has 1 aliphatic heterocycles. The van der Waals surface area contributed by atoms with Gasteiger partial charge in [-0.1, -0.05) is 19.9 Å². The molecule has 0 aliphatic carbocycles. The highest BCUT2D eigenvalue weighted by Crippen LogP contribution is 2.44. The molecule has 2 rings (SSSR count). The van der Waals surface area contributed by atoms with Gasteiger partial charge < -0.3 is 5.73 Å². The van der Waals surface area contributed by atoms with Crippen LogP contribution in [0, 0.1) is 5.41 Å². The number of nitrogens with two attached hydrogens (primary N) is 1. The fourth-order valence-electron chi connectivity index (χ4n) is 3.16. The summed E-state index contributed by atoms with van der Waals surface area (Å²) in [4.78, 5) is 6.90. The Kier molecular flexibility index (Phi) is 5.10. The zero-order valence-electron chi connectivity index (χ0n) is 12.9. The molecule has 1 saturated heterocycles. The van der Waals surface area contributed by atoms with Gasteiger partial charge in [0, 0.05) is 42.7 Å². The quantitative estimate of drug-likeness (QED) is 0.905. The maximum Gasteiger partial charge on any atom is 0.0470 e. The van der Waals surface area contributed by atoms with Gasteiger partial charge in [-0.2, -0.15) is 11.8 Å². The summed E-state index contributed by atoms with van der Waals surface area (Å²) < 4.78 is 0. The van der Waals surface area contributed by atoms with Crippen molar-refractivity contribution in [3.63, 3.8) is 0 Å². The van der Waals surface area contributed by atoms with Crippen LogP contribution in [-0.2, 0) is 6.42 Å². The van der Waals surface area contributed by atoms with Crippen molar-refractivity contribution < 1.29 is 0 Å². The Bertz CT molecular complexity index is 421. The molecular formula is C16H27N3S. The Morgan fingerprint density at radius 1 is 1.40 bits per heavy atom. The van der Waals surface area contributed by atoms with Gasteiger partial charge >= 0.3 is 0 Å². The van der Waals surface area contributed by atoms with E-state index in [2.05, 4.69) is 42.9 Å². The first-order valence-electron chi connectivity index (χ1n) is 7.41. The molecule has 0 saturated carbocycles. The van der Waals surface area contributed by atoms with E-state index in [-0.39, 0.29) is 11.0 Å². The van der Waals surface area contributed by atoms with Crippen molar-refractivity contribution >= 4 is 11.8 Å². The van der Waals surface area contributed by atoms with Crippen molar-refractivity contribution in [1.29, 1.82) is 0 Å². The van der Waals surface area contributed by atoms with Gasteiger partial charge in [0.1, 0.15) is 0 Å². The first-order chi connectivity index (χ1) is 9.52. The van der Waals surface area contributed by atoms with Gasteiger partial charge in [0.05, 0.1) is 0 Å². The number of hydrogen-bond donors (Lipinski definition) is 1. The fourth-order valence-corrected chi connectivity index (χ4v) is 5.02. The molecule has 2 N–H and O–H groups in total. The highest BCUT2D eigenvalue weighted by Gasteiger charge is 2.48. The van der Waals surface area contributed by atoms with Gasteiger partial charge in [-0.05, 0) is 36.8 Å². The molecular weight excluding hydrogens is 266 g/mol. The zero-order chi connectivity index (χ0) is 14.6. The van der Waals surface area contributed by atoms with Crippen LogP contribution in [0.5, 0.6) is 0 Å². The molecule has 0 aromatic carbocycles. The van der Waals surface area contributed by atoms with E-state index in [0.717, 1.165) is 31.0 Å². The predicted molar refractivity (Wildman–Crippen MR) is 88.1 cm³/mol. The lowest BCUT2D eigenvalue weighted by Gasteiger charge is -2.54. The molecule has 1 atom stereocenters. The Balaban J connectivity index is 2.06. The fraction of sp³-hybridized carbons (Fsp3) is 0.688. The number of pyridine rings is 1. The number of nitrogens with zero attached hydrogens (tertiary/aromatic N) is 2. The SMILES string of the molecule is CN(CCc1ccccn1)C1(CN)CSCCC1(C)C. The van der Waals surface area contributed by atoms with Crippen LogP contribution in [0.2, 0.25) is 0 Å². The molecule has 112 valence electrons. The van der Waals surface area contributed by atoms with E-state index in [0.29, 0.717) is 0 Å². The minimum absolute atomic E-state index is 0.102. The molecule has 4 heteroatoms. The van der Waals surface area contributed by atoms with E-state index in [1.54, 1.807) is 0 Å². The highest BCUT2D eigenvalue weighted by molar-refractivity contribution is 7.99. The third-order valence-corrected chi connectivity index (χ3v) is 6.14. The van der Waals surface area contributed by atoms with Crippen molar-refractivity contribution in [3.8, 4) is 0 Å². The number of hydrogen-bond acceptors (Lipinski definition) is 4. The minimum atomic E-state index is 0.102. The van der Waals surface area contributed by atoms with Crippen molar-refractivity contribution in [2.24, 2.45) is 11.1 Å². The molecule has 1 aromatic heterocycles. The van der Waals surface area contributed by atoms with Crippen molar-refractivity contribution in [2.75, 3.05) is 31.6 Å². The summed E-state index contributed by atoms with van der Waals surface area (Å²) in [6.07, 6.45) is 4.09. The Morgan fingerprint density at radius 3 is 2.80 bits per heavy atom. The summed E-state index contributed by atoms with van der Waals surface area (Å²) in [5.41, 5.74) is 7.74. The lowest BCUT2D eigenvalue weighted by Crippen LogP contribution is -2.64. The zero-order valence-corrected chi connectivity index (χ0v) is 13.7. The molecule has 2 heterocycles. The summed E-state index contributed by atoms with van der Waals surface area (Å²) in [7, 11) is 2.23. The normalized spacial score (nSPS) is 25.9. The van der Waals surface area contributed by atoms with Gasteiger partial charge in [0.25, 0.3) is 0 Å². The van der Waals surface area contributed by atoms with E-state index < -0.39 is 0 Å². The van der Waals surface area contributed by atoms with Crippen molar-refractivity contribution in [3.05, 3.63) is 30.1 Å². The average Bonchev–Trinajstić information content (AvgIpc) is 2.46. The van der Waals surface area contributed by atoms with Gasteiger partial charge in [-0.15, -0.1) is 0 Å². The Labute approximate surface area is 127 Å². The first kappa shape index (κ1) is 15.8. The number of thioether (sulfide) groups is 1. The van der Waals surface area contributed by atoms with E-state index in [1.807, 2.05) is 24.0 Å². The van der Waals surface area contributed by atoms with Crippen LogP contribution in [0.1, 0.15) is 26.0 Å². The minimum Gasteiger partial charge on any atom is -0.329 e. The standard InChI is InChI=1S/C16H27N3S/c1-15(2)8-11-20-13-16(15,12-17)19(3)10-7-14-6-4-5-9-18-14/h4-6,9H,7-8,10-13,17H2,1-3H3. The number of rotatable bonds is 5. The molecule has 1 unspecified atom stereocenters. The molecule has 0 spiro atoms. The lowest BCUT2D eigenvalue weighted by atomic mass is 9.70. The number of likely N-dealkylation sites (N-methyl/N-ethyl adjacent to an activating group) is 1. The van der Waals surface area contributed by atoms with Gasteiger partial charge in [0.15, 0.2) is 0 Å². The van der Waals surface area contributed by atoms with Gasteiger partial charge in [-0.25, -0.2) is 0 Å². The second-order valence-electron chi connectivity index (χ2n) is 6.41. The molecule has 3 nitrogen and oxygen atoms in total. The summed E-state index contributed by atoms with van der Waals surface area (Å²) in [6, 6.07) is 6.13. The maximum atomic E-state index is 6.21. The van der Waals surface area contributed by atoms with Crippen LogP contribution >= 0.6 is 11.8 Å². The molecule has 1 aliphatic rings. The summed E-state index contributed by atoms with van der Waals surface area (Å²) in [5, 5.41) is 0. The third-order valence-electron chi connectivity index (χ3n) is 4.97. The Morgan fingerprint density at radius 2 is 2.20 bits per heavy atom. The summed E-state index contributed by atoms with van der Waals surface area (Å²) in [5.74, 6) is 2.39. The summed E-state index contributed by atoms with van der Waals surface area (Å²) in [6.45, 7) is 6.48. The van der Waals surface area contributed by atoms with Crippen LogP contribution in [0.15, 0.2) is 24.4 Å². The highest BCUT2D eigenvalue weighted by atomic mass is 32.2. The summed E-state index contributed by atoms with van der Waals surface area (Å²) >= 11 is 2.04.